The molecule has 0 bridgehead atoms. The summed E-state index contributed by atoms with van der Waals surface area (Å²) in [5, 5.41) is 11.7. The van der Waals surface area contributed by atoms with E-state index in [0.717, 1.165) is 52.0 Å². The molecule has 6 N–H and O–H groups in total. The van der Waals surface area contributed by atoms with Crippen molar-refractivity contribution in [2.24, 2.45) is 5.14 Å². The lowest BCUT2D eigenvalue weighted by Gasteiger charge is -2.39. The zero-order valence-corrected chi connectivity index (χ0v) is 18.1. The van der Waals surface area contributed by atoms with Crippen molar-refractivity contribution >= 4 is 33.2 Å². The van der Waals surface area contributed by atoms with Gasteiger partial charge in [-0.25, -0.2) is 18.5 Å². The molecule has 2 fully saturated rings. The molecule has 0 amide bonds. The minimum Gasteiger partial charge on any atom is -0.394 e. The predicted molar refractivity (Wildman–Crippen MR) is 120 cm³/mol. The van der Waals surface area contributed by atoms with Crippen LogP contribution in [-0.4, -0.2) is 61.7 Å². The Morgan fingerprint density at radius 1 is 1.06 bits per heavy atom. The molecule has 11 heteroatoms. The van der Waals surface area contributed by atoms with Gasteiger partial charge in [0, 0.05) is 30.9 Å². The highest BCUT2D eigenvalue weighted by Crippen LogP contribution is 2.28. The van der Waals surface area contributed by atoms with E-state index in [4.69, 9.17) is 15.6 Å². The number of rotatable bonds is 6. The van der Waals surface area contributed by atoms with Gasteiger partial charge in [0.1, 0.15) is 0 Å². The Balaban J connectivity index is 1.36. The number of nitrogens with zero attached hydrogens (tertiary/aromatic N) is 3. The SMILES string of the molecule is Nc1cnc(Nc2ccc(S(N)(=O)=O)cc2)nc1NC1CCC(N2CCOCC2)CC1. The lowest BCUT2D eigenvalue weighted by molar-refractivity contribution is 0.00791. The number of hydrogen-bond donors (Lipinski definition) is 4. The van der Waals surface area contributed by atoms with E-state index in [2.05, 4.69) is 25.5 Å². The normalized spacial score (nSPS) is 22.7. The van der Waals surface area contributed by atoms with Crippen LogP contribution in [0.2, 0.25) is 0 Å². The average Bonchev–Trinajstić information content (AvgIpc) is 2.77. The van der Waals surface area contributed by atoms with Gasteiger partial charge in [0.05, 0.1) is 30.0 Å². The summed E-state index contributed by atoms with van der Waals surface area (Å²) in [6, 6.07) is 7.03. The van der Waals surface area contributed by atoms with E-state index in [-0.39, 0.29) is 4.90 Å². The molecule has 168 valence electrons. The quantitative estimate of drug-likeness (QED) is 0.517. The molecule has 1 aliphatic carbocycles. The average molecular weight is 448 g/mol. The van der Waals surface area contributed by atoms with Crippen molar-refractivity contribution in [2.75, 3.05) is 42.7 Å². The Morgan fingerprint density at radius 3 is 2.39 bits per heavy atom. The highest BCUT2D eigenvalue weighted by Gasteiger charge is 2.27. The number of nitrogens with two attached hydrogens (primary N) is 2. The Labute approximate surface area is 182 Å². The van der Waals surface area contributed by atoms with Crippen molar-refractivity contribution in [3.05, 3.63) is 30.5 Å². The standard InChI is InChI=1S/C20H29N7O3S/c21-18-13-23-20(25-15-3-7-17(8-4-15)31(22,28)29)26-19(18)24-14-1-5-16(6-2-14)27-9-11-30-12-10-27/h3-4,7-8,13-14,16H,1-2,5-6,9-12,21H2,(H2,22,28,29)(H2,23,24,25,26). The van der Waals surface area contributed by atoms with Gasteiger partial charge in [0.25, 0.3) is 0 Å². The number of hydrogen-bond acceptors (Lipinski definition) is 9. The first-order valence-corrected chi connectivity index (χ1v) is 12.0. The second-order valence-electron chi connectivity index (χ2n) is 7.99. The molecule has 10 nitrogen and oxygen atoms in total. The van der Waals surface area contributed by atoms with E-state index >= 15 is 0 Å². The topological polar surface area (TPSA) is 148 Å². The zero-order valence-electron chi connectivity index (χ0n) is 17.3. The number of benzene rings is 1. The number of aromatic nitrogens is 2. The van der Waals surface area contributed by atoms with Crippen LogP contribution >= 0.6 is 0 Å². The van der Waals surface area contributed by atoms with Gasteiger partial charge >= 0.3 is 0 Å². The second kappa shape index (κ2) is 9.35. The van der Waals surface area contributed by atoms with Crippen molar-refractivity contribution < 1.29 is 13.2 Å². The minimum absolute atomic E-state index is 0.0475. The van der Waals surface area contributed by atoms with E-state index in [1.807, 2.05) is 0 Å². The fourth-order valence-corrected chi connectivity index (χ4v) is 4.66. The van der Waals surface area contributed by atoms with E-state index in [1.54, 1.807) is 18.3 Å². The molecule has 2 heterocycles. The van der Waals surface area contributed by atoms with Crippen molar-refractivity contribution in [2.45, 2.75) is 42.7 Å². The molecule has 1 saturated heterocycles. The van der Waals surface area contributed by atoms with Crippen molar-refractivity contribution in [1.29, 1.82) is 0 Å². The number of nitrogen functional groups attached to an aromatic ring is 1. The molecule has 1 aliphatic heterocycles. The third-order valence-corrected chi connectivity index (χ3v) is 6.78. The molecule has 31 heavy (non-hydrogen) atoms. The summed E-state index contributed by atoms with van der Waals surface area (Å²) in [4.78, 5) is 11.3. The predicted octanol–water partition coefficient (Wildman–Crippen LogP) is 1.51. The Kier molecular flexibility index (Phi) is 6.56. The molecule has 1 aromatic heterocycles. The number of morpholine rings is 1. The van der Waals surface area contributed by atoms with Crippen molar-refractivity contribution in [3.8, 4) is 0 Å². The van der Waals surface area contributed by atoms with Gasteiger partial charge < -0.3 is 21.1 Å². The largest absolute Gasteiger partial charge is 0.394 e. The molecule has 0 spiro atoms. The van der Waals surface area contributed by atoms with Crippen LogP contribution in [0.4, 0.5) is 23.1 Å². The van der Waals surface area contributed by atoms with Crippen LogP contribution in [0.3, 0.4) is 0 Å². The first-order chi connectivity index (χ1) is 14.9. The summed E-state index contributed by atoms with van der Waals surface area (Å²) in [5.74, 6) is 0.982. The van der Waals surface area contributed by atoms with Crippen LogP contribution < -0.4 is 21.5 Å². The number of ether oxygens (including phenoxy) is 1. The van der Waals surface area contributed by atoms with E-state index in [9.17, 15) is 8.42 Å². The number of sulfonamides is 1. The van der Waals surface area contributed by atoms with Gasteiger partial charge in [0.15, 0.2) is 5.82 Å². The maximum atomic E-state index is 11.4. The van der Waals surface area contributed by atoms with E-state index < -0.39 is 10.0 Å². The molecule has 1 aromatic carbocycles. The van der Waals surface area contributed by atoms with Crippen LogP contribution in [0, 0.1) is 0 Å². The Bertz CT molecular complexity index is 986. The molecule has 0 atom stereocenters. The van der Waals surface area contributed by atoms with E-state index in [1.165, 1.54) is 12.1 Å². The molecule has 0 radical (unpaired) electrons. The van der Waals surface area contributed by atoms with E-state index in [0.29, 0.717) is 35.2 Å². The molecule has 2 aromatic rings. The highest BCUT2D eigenvalue weighted by molar-refractivity contribution is 7.89. The van der Waals surface area contributed by atoms with Crippen LogP contribution in [0.25, 0.3) is 0 Å². The summed E-state index contributed by atoms with van der Waals surface area (Å²) in [6.07, 6.45) is 5.97. The summed E-state index contributed by atoms with van der Waals surface area (Å²) in [6.45, 7) is 3.70. The third-order valence-electron chi connectivity index (χ3n) is 5.86. The van der Waals surface area contributed by atoms with Gasteiger partial charge in [0.2, 0.25) is 16.0 Å². The molecule has 0 unspecified atom stereocenters. The van der Waals surface area contributed by atoms with Gasteiger partial charge in [-0.2, -0.15) is 4.98 Å². The monoisotopic (exact) mass is 447 g/mol. The maximum absolute atomic E-state index is 11.4. The summed E-state index contributed by atoms with van der Waals surface area (Å²) >= 11 is 0. The number of anilines is 4. The van der Waals surface area contributed by atoms with Gasteiger partial charge in [-0.05, 0) is 49.9 Å². The fraction of sp³-hybridized carbons (Fsp3) is 0.500. The van der Waals surface area contributed by atoms with Crippen molar-refractivity contribution in [1.82, 2.24) is 14.9 Å². The summed E-state index contributed by atoms with van der Waals surface area (Å²) in [7, 11) is -3.73. The summed E-state index contributed by atoms with van der Waals surface area (Å²) < 4.78 is 28.2. The fourth-order valence-electron chi connectivity index (χ4n) is 4.15. The van der Waals surface area contributed by atoms with Crippen LogP contribution in [0.15, 0.2) is 35.4 Å². The molecule has 4 rings (SSSR count). The molecule has 2 aliphatic rings. The first kappa shape index (κ1) is 21.8. The van der Waals surface area contributed by atoms with Crippen molar-refractivity contribution in [3.63, 3.8) is 0 Å². The highest BCUT2D eigenvalue weighted by atomic mass is 32.2. The zero-order chi connectivity index (χ0) is 21.8. The van der Waals surface area contributed by atoms with Crippen LogP contribution in [0.5, 0.6) is 0 Å². The second-order valence-corrected chi connectivity index (χ2v) is 9.55. The molecular formula is C20H29N7O3S. The van der Waals surface area contributed by atoms with Crippen LogP contribution in [-0.2, 0) is 14.8 Å². The Hall–Kier alpha value is -2.47. The van der Waals surface area contributed by atoms with Gasteiger partial charge in [-0.15, -0.1) is 0 Å². The number of nitrogens with one attached hydrogen (secondary N) is 2. The molecule has 1 saturated carbocycles. The smallest absolute Gasteiger partial charge is 0.238 e. The Morgan fingerprint density at radius 2 is 1.74 bits per heavy atom. The third kappa shape index (κ3) is 5.62. The first-order valence-electron chi connectivity index (χ1n) is 10.5. The summed E-state index contributed by atoms with van der Waals surface area (Å²) in [5.41, 5.74) is 7.23. The number of primary sulfonamides is 1. The maximum Gasteiger partial charge on any atom is 0.238 e. The molecular weight excluding hydrogens is 418 g/mol. The minimum atomic E-state index is -3.73. The lowest BCUT2D eigenvalue weighted by Crippen LogP contribution is -2.46. The lowest BCUT2D eigenvalue weighted by atomic mass is 9.90. The van der Waals surface area contributed by atoms with Crippen LogP contribution in [0.1, 0.15) is 25.7 Å². The van der Waals surface area contributed by atoms with Gasteiger partial charge in [-0.3, -0.25) is 4.90 Å². The van der Waals surface area contributed by atoms with Gasteiger partial charge in [-0.1, -0.05) is 0 Å².